The second-order valence-electron chi connectivity index (χ2n) is 8.64. The third kappa shape index (κ3) is 4.75. The maximum atomic E-state index is 5.63. The van der Waals surface area contributed by atoms with E-state index in [0.29, 0.717) is 0 Å². The number of morpholine rings is 2. The van der Waals surface area contributed by atoms with Crippen molar-refractivity contribution in [3.8, 4) is 22.5 Å². The largest absolute Gasteiger partial charge is 0.370 e. The average molecular weight is 420 g/mol. The van der Waals surface area contributed by atoms with Gasteiger partial charge in [-0.3, -0.25) is 0 Å². The van der Waals surface area contributed by atoms with Crippen LogP contribution in [0.25, 0.3) is 22.5 Å². The summed E-state index contributed by atoms with van der Waals surface area (Å²) >= 11 is 0. The molecule has 2 aliphatic heterocycles. The minimum Gasteiger partial charge on any atom is -0.370 e. The number of aromatic nitrogens is 1. The topological polar surface area (TPSA) is 43.1 Å². The molecule has 3 N–H and O–H groups in total. The van der Waals surface area contributed by atoms with Gasteiger partial charge in [0, 0.05) is 11.1 Å². The molecule has 0 saturated carbocycles. The molecule has 3 heterocycles. The van der Waals surface area contributed by atoms with Crippen LogP contribution in [0.3, 0.4) is 0 Å². The van der Waals surface area contributed by atoms with E-state index in [1.165, 1.54) is 33.6 Å². The summed E-state index contributed by atoms with van der Waals surface area (Å²) in [6.07, 6.45) is 0. The van der Waals surface area contributed by atoms with Crippen LogP contribution in [0.5, 0.6) is 0 Å². The van der Waals surface area contributed by atoms with Crippen LogP contribution < -0.4 is 9.80 Å². The molecule has 31 heavy (non-hydrogen) atoms. The zero-order chi connectivity index (χ0) is 20.9. The van der Waals surface area contributed by atoms with Gasteiger partial charge >= 0.3 is 0 Å². The number of rotatable bonds is 6. The van der Waals surface area contributed by atoms with Gasteiger partial charge in [0.15, 0.2) is 0 Å². The number of quaternary nitrogens is 2. The van der Waals surface area contributed by atoms with Crippen LogP contribution in [-0.4, -0.2) is 57.6 Å². The highest BCUT2D eigenvalue weighted by Gasteiger charge is 2.27. The molecule has 2 saturated heterocycles. The first-order chi connectivity index (χ1) is 15.4. The van der Waals surface area contributed by atoms with Gasteiger partial charge in [-0.25, -0.2) is 0 Å². The number of nitrogens with one attached hydrogen (secondary N) is 3. The van der Waals surface area contributed by atoms with Gasteiger partial charge in [-0.2, -0.15) is 0 Å². The van der Waals surface area contributed by atoms with Crippen LogP contribution in [0.2, 0.25) is 0 Å². The van der Waals surface area contributed by atoms with Crippen LogP contribution in [0.1, 0.15) is 11.1 Å². The molecule has 0 bridgehead atoms. The normalized spacial score (nSPS) is 18.3. The van der Waals surface area contributed by atoms with Gasteiger partial charge in [-0.1, -0.05) is 60.7 Å². The maximum absolute atomic E-state index is 5.63. The Labute approximate surface area is 184 Å². The second-order valence-corrected chi connectivity index (χ2v) is 8.64. The van der Waals surface area contributed by atoms with Gasteiger partial charge in [0.25, 0.3) is 0 Å². The highest BCUT2D eigenvalue weighted by molar-refractivity contribution is 5.75. The molecule has 2 aromatic carbocycles. The van der Waals surface area contributed by atoms with Gasteiger partial charge in [0.2, 0.25) is 0 Å². The van der Waals surface area contributed by atoms with Crippen molar-refractivity contribution in [1.29, 1.82) is 0 Å². The predicted molar refractivity (Wildman–Crippen MR) is 122 cm³/mol. The minimum absolute atomic E-state index is 0.857. The summed E-state index contributed by atoms with van der Waals surface area (Å²) < 4.78 is 11.3. The fourth-order valence-electron chi connectivity index (χ4n) is 4.84. The van der Waals surface area contributed by atoms with Crippen molar-refractivity contribution in [2.75, 3.05) is 52.6 Å². The van der Waals surface area contributed by atoms with Crippen molar-refractivity contribution in [3.63, 3.8) is 0 Å². The average Bonchev–Trinajstić information content (AvgIpc) is 3.19. The SMILES string of the molecule is c1ccc(-c2[nH]c(-c3ccccc3)c(C[NH+]3CCOCC3)c2C[NH+]2CCOCC2)cc1. The molecule has 3 aromatic rings. The lowest BCUT2D eigenvalue weighted by atomic mass is 10.00. The fraction of sp³-hybridized carbons (Fsp3) is 0.385. The second kappa shape index (κ2) is 9.79. The summed E-state index contributed by atoms with van der Waals surface area (Å²) in [5, 5.41) is 0. The number of aromatic amines is 1. The van der Waals surface area contributed by atoms with Gasteiger partial charge in [0.1, 0.15) is 39.3 Å². The quantitative estimate of drug-likeness (QED) is 0.562. The Kier molecular flexibility index (Phi) is 6.46. The molecule has 162 valence electrons. The van der Waals surface area contributed by atoms with Gasteiger partial charge in [-0.05, 0) is 11.1 Å². The Balaban J connectivity index is 1.60. The van der Waals surface area contributed by atoms with Crippen LogP contribution in [0.15, 0.2) is 60.7 Å². The van der Waals surface area contributed by atoms with Crippen LogP contribution in [0, 0.1) is 0 Å². The summed E-state index contributed by atoms with van der Waals surface area (Å²) in [7, 11) is 0. The molecule has 2 fully saturated rings. The fourth-order valence-corrected chi connectivity index (χ4v) is 4.84. The molecule has 0 aliphatic carbocycles. The highest BCUT2D eigenvalue weighted by atomic mass is 16.5. The standard InChI is InChI=1S/C26H31N3O2/c1-3-7-21(8-4-1)25-23(19-28-11-15-30-16-12-28)24(20-29-13-17-31-18-14-29)26(27-25)22-9-5-2-6-10-22/h1-10,27H,11-20H2/p+2. The van der Waals surface area contributed by atoms with E-state index in [2.05, 4.69) is 65.6 Å². The van der Waals surface area contributed by atoms with Crippen molar-refractivity contribution in [2.24, 2.45) is 0 Å². The van der Waals surface area contributed by atoms with E-state index in [9.17, 15) is 0 Å². The van der Waals surface area contributed by atoms with E-state index >= 15 is 0 Å². The zero-order valence-corrected chi connectivity index (χ0v) is 18.2. The molecule has 1 aromatic heterocycles. The monoisotopic (exact) mass is 419 g/mol. The summed E-state index contributed by atoms with van der Waals surface area (Å²) in [6, 6.07) is 21.6. The van der Waals surface area contributed by atoms with Gasteiger partial charge in [-0.15, -0.1) is 0 Å². The molecule has 5 heteroatoms. The Bertz CT molecular complexity index is 881. The summed E-state index contributed by atoms with van der Waals surface area (Å²) in [6.45, 7) is 9.80. The zero-order valence-electron chi connectivity index (χ0n) is 18.2. The first-order valence-electron chi connectivity index (χ1n) is 11.6. The summed E-state index contributed by atoms with van der Waals surface area (Å²) in [5.41, 5.74) is 8.04. The van der Waals surface area contributed by atoms with Gasteiger partial charge < -0.3 is 24.3 Å². The molecular formula is C26H33N3O2+2. The third-order valence-corrected chi connectivity index (χ3v) is 6.60. The molecule has 0 unspecified atom stereocenters. The molecule has 5 rings (SSSR count). The number of benzene rings is 2. The summed E-state index contributed by atoms with van der Waals surface area (Å²) in [5.74, 6) is 0. The molecule has 0 spiro atoms. The lowest BCUT2D eigenvalue weighted by Crippen LogP contribution is -3.13. The van der Waals surface area contributed by atoms with E-state index in [0.717, 1.165) is 65.7 Å². The van der Waals surface area contributed by atoms with Crippen molar-refractivity contribution in [2.45, 2.75) is 13.1 Å². The molecule has 0 radical (unpaired) electrons. The lowest BCUT2D eigenvalue weighted by Gasteiger charge is -2.26. The Morgan fingerprint density at radius 3 is 1.35 bits per heavy atom. The smallest absolute Gasteiger partial charge is 0.106 e. The highest BCUT2D eigenvalue weighted by Crippen LogP contribution is 2.33. The Morgan fingerprint density at radius 1 is 0.581 bits per heavy atom. The molecule has 0 atom stereocenters. The van der Waals surface area contributed by atoms with E-state index in [1.807, 2.05) is 0 Å². The predicted octanol–water partition coefficient (Wildman–Crippen LogP) is 1.18. The Morgan fingerprint density at radius 2 is 0.968 bits per heavy atom. The van der Waals surface area contributed by atoms with E-state index in [1.54, 1.807) is 9.80 Å². The van der Waals surface area contributed by atoms with Crippen molar-refractivity contribution < 1.29 is 19.3 Å². The Hall–Kier alpha value is -2.44. The molecule has 0 amide bonds. The van der Waals surface area contributed by atoms with Crippen molar-refractivity contribution in [1.82, 2.24) is 4.98 Å². The minimum atomic E-state index is 0.857. The molecule has 2 aliphatic rings. The molecular weight excluding hydrogens is 386 g/mol. The van der Waals surface area contributed by atoms with Crippen LogP contribution in [-0.2, 0) is 22.6 Å². The first kappa shape index (κ1) is 20.5. The molecule has 5 nitrogen and oxygen atoms in total. The lowest BCUT2D eigenvalue weighted by molar-refractivity contribution is -0.924. The van der Waals surface area contributed by atoms with Crippen LogP contribution in [0.4, 0.5) is 0 Å². The van der Waals surface area contributed by atoms with Crippen molar-refractivity contribution in [3.05, 3.63) is 71.8 Å². The number of H-pyrrole nitrogens is 1. The van der Waals surface area contributed by atoms with Crippen molar-refractivity contribution >= 4 is 0 Å². The maximum Gasteiger partial charge on any atom is 0.106 e. The number of hydrogen-bond acceptors (Lipinski definition) is 2. The number of ether oxygens (including phenoxy) is 2. The van der Waals surface area contributed by atoms with Crippen LogP contribution >= 0.6 is 0 Å². The summed E-state index contributed by atoms with van der Waals surface area (Å²) in [4.78, 5) is 7.10. The number of hydrogen-bond donors (Lipinski definition) is 3. The van der Waals surface area contributed by atoms with E-state index in [4.69, 9.17) is 9.47 Å². The third-order valence-electron chi connectivity index (χ3n) is 6.60. The van der Waals surface area contributed by atoms with Gasteiger partial charge in [0.05, 0.1) is 37.8 Å². The van der Waals surface area contributed by atoms with E-state index in [-0.39, 0.29) is 0 Å². The van der Waals surface area contributed by atoms with E-state index < -0.39 is 0 Å². The first-order valence-corrected chi connectivity index (χ1v) is 11.6.